The zero-order chi connectivity index (χ0) is 12.4. The van der Waals surface area contributed by atoms with Gasteiger partial charge >= 0.3 is 0 Å². The predicted molar refractivity (Wildman–Crippen MR) is 74.4 cm³/mol. The molecule has 0 unspecified atom stereocenters. The number of hydrogen-bond acceptors (Lipinski definition) is 5. The Morgan fingerprint density at radius 1 is 1.22 bits per heavy atom. The SMILES string of the molecule is NCc1nc(CN2CCN(CC3CC3)CC2)cs1. The highest BCUT2D eigenvalue weighted by molar-refractivity contribution is 7.09. The number of rotatable bonds is 5. The van der Waals surface area contributed by atoms with Crippen molar-refractivity contribution in [2.24, 2.45) is 11.7 Å². The average Bonchev–Trinajstić information content (AvgIpc) is 3.09. The lowest BCUT2D eigenvalue weighted by Gasteiger charge is -2.34. The van der Waals surface area contributed by atoms with Crippen LogP contribution in [0.5, 0.6) is 0 Å². The summed E-state index contributed by atoms with van der Waals surface area (Å²) < 4.78 is 0. The number of aromatic nitrogens is 1. The van der Waals surface area contributed by atoms with Crippen LogP contribution in [-0.4, -0.2) is 47.5 Å². The Kier molecular flexibility index (Phi) is 3.94. The first kappa shape index (κ1) is 12.5. The lowest BCUT2D eigenvalue weighted by molar-refractivity contribution is 0.122. The number of piperazine rings is 1. The highest BCUT2D eigenvalue weighted by atomic mass is 32.1. The van der Waals surface area contributed by atoms with Crippen LogP contribution in [0.1, 0.15) is 23.5 Å². The number of nitrogens with zero attached hydrogens (tertiary/aromatic N) is 3. The van der Waals surface area contributed by atoms with E-state index in [2.05, 4.69) is 20.2 Å². The summed E-state index contributed by atoms with van der Waals surface area (Å²) in [6.45, 7) is 7.72. The molecule has 0 bridgehead atoms. The molecule has 1 aliphatic carbocycles. The Hall–Kier alpha value is -0.490. The molecule has 1 aromatic rings. The van der Waals surface area contributed by atoms with Crippen LogP contribution in [0.3, 0.4) is 0 Å². The molecule has 0 aromatic carbocycles. The summed E-state index contributed by atoms with van der Waals surface area (Å²) in [6, 6.07) is 0. The maximum absolute atomic E-state index is 5.59. The van der Waals surface area contributed by atoms with Gasteiger partial charge in [0.1, 0.15) is 5.01 Å². The van der Waals surface area contributed by atoms with E-state index >= 15 is 0 Å². The first-order chi connectivity index (χ1) is 8.83. The standard InChI is InChI=1S/C13H22N4S/c14-7-13-15-12(10-18-13)9-17-5-3-16(4-6-17)8-11-1-2-11/h10-11H,1-9,14H2. The Morgan fingerprint density at radius 2 is 1.94 bits per heavy atom. The maximum atomic E-state index is 5.59. The van der Waals surface area contributed by atoms with E-state index in [4.69, 9.17) is 5.73 Å². The number of nitrogens with two attached hydrogens (primary N) is 1. The molecule has 3 rings (SSSR count). The van der Waals surface area contributed by atoms with Gasteiger partial charge < -0.3 is 10.6 Å². The highest BCUT2D eigenvalue weighted by Gasteiger charge is 2.26. The molecule has 0 radical (unpaired) electrons. The number of thiazole rings is 1. The van der Waals surface area contributed by atoms with Crippen molar-refractivity contribution in [1.29, 1.82) is 0 Å². The van der Waals surface area contributed by atoms with Gasteiger partial charge in [0, 0.05) is 51.2 Å². The van der Waals surface area contributed by atoms with E-state index in [-0.39, 0.29) is 0 Å². The van der Waals surface area contributed by atoms with Gasteiger partial charge in [-0.25, -0.2) is 4.98 Å². The largest absolute Gasteiger partial charge is 0.325 e. The molecule has 2 aliphatic rings. The van der Waals surface area contributed by atoms with Crippen molar-refractivity contribution in [3.05, 3.63) is 16.1 Å². The zero-order valence-corrected chi connectivity index (χ0v) is 11.7. The molecule has 0 atom stereocenters. The van der Waals surface area contributed by atoms with Crippen molar-refractivity contribution in [2.45, 2.75) is 25.9 Å². The second-order valence-electron chi connectivity index (χ2n) is 5.46. The third-order valence-corrected chi connectivity index (χ3v) is 4.76. The van der Waals surface area contributed by atoms with Crippen molar-refractivity contribution in [2.75, 3.05) is 32.7 Å². The van der Waals surface area contributed by atoms with Gasteiger partial charge in [0.25, 0.3) is 0 Å². The predicted octanol–water partition coefficient (Wildman–Crippen LogP) is 1.13. The van der Waals surface area contributed by atoms with E-state index in [1.807, 2.05) is 0 Å². The van der Waals surface area contributed by atoms with Gasteiger partial charge in [-0.1, -0.05) is 0 Å². The van der Waals surface area contributed by atoms with Crippen LogP contribution < -0.4 is 5.73 Å². The molecular formula is C13H22N4S. The van der Waals surface area contributed by atoms with Crippen molar-refractivity contribution in [1.82, 2.24) is 14.8 Å². The lowest BCUT2D eigenvalue weighted by atomic mass is 10.2. The first-order valence-corrected chi connectivity index (χ1v) is 7.79. The van der Waals surface area contributed by atoms with E-state index in [9.17, 15) is 0 Å². The van der Waals surface area contributed by atoms with E-state index in [1.165, 1.54) is 51.3 Å². The van der Waals surface area contributed by atoms with E-state index < -0.39 is 0 Å². The van der Waals surface area contributed by atoms with Gasteiger partial charge in [-0.2, -0.15) is 0 Å². The lowest BCUT2D eigenvalue weighted by Crippen LogP contribution is -2.46. The third kappa shape index (κ3) is 3.29. The first-order valence-electron chi connectivity index (χ1n) is 6.91. The topological polar surface area (TPSA) is 45.4 Å². The molecule has 100 valence electrons. The fourth-order valence-electron chi connectivity index (χ4n) is 2.54. The quantitative estimate of drug-likeness (QED) is 0.868. The van der Waals surface area contributed by atoms with Crippen molar-refractivity contribution < 1.29 is 0 Å². The summed E-state index contributed by atoms with van der Waals surface area (Å²) in [5.74, 6) is 1.02. The maximum Gasteiger partial charge on any atom is 0.106 e. The monoisotopic (exact) mass is 266 g/mol. The van der Waals surface area contributed by atoms with Crippen LogP contribution in [0.2, 0.25) is 0 Å². The molecule has 1 saturated carbocycles. The van der Waals surface area contributed by atoms with Gasteiger partial charge in [0.15, 0.2) is 0 Å². The minimum atomic E-state index is 0.569. The second-order valence-corrected chi connectivity index (χ2v) is 6.40. The van der Waals surface area contributed by atoms with Gasteiger partial charge in [-0.05, 0) is 18.8 Å². The Balaban J connectivity index is 1.44. The van der Waals surface area contributed by atoms with E-state index in [0.29, 0.717) is 6.54 Å². The van der Waals surface area contributed by atoms with Gasteiger partial charge in [-0.3, -0.25) is 4.90 Å². The highest BCUT2D eigenvalue weighted by Crippen LogP contribution is 2.29. The average molecular weight is 266 g/mol. The van der Waals surface area contributed by atoms with Gasteiger partial charge in [0.05, 0.1) is 5.69 Å². The molecule has 5 heteroatoms. The summed E-state index contributed by atoms with van der Waals surface area (Å²) in [6.07, 6.45) is 2.92. The Morgan fingerprint density at radius 3 is 2.56 bits per heavy atom. The van der Waals surface area contributed by atoms with Crippen molar-refractivity contribution in [3.63, 3.8) is 0 Å². The molecule has 2 heterocycles. The minimum absolute atomic E-state index is 0.569. The normalized spacial score (nSPS) is 22.5. The van der Waals surface area contributed by atoms with E-state index in [0.717, 1.165) is 17.5 Å². The minimum Gasteiger partial charge on any atom is -0.325 e. The van der Waals surface area contributed by atoms with Crippen LogP contribution >= 0.6 is 11.3 Å². The number of hydrogen-bond donors (Lipinski definition) is 1. The molecule has 1 aliphatic heterocycles. The Labute approximate surface area is 113 Å². The summed E-state index contributed by atoms with van der Waals surface area (Å²) >= 11 is 1.68. The summed E-state index contributed by atoms with van der Waals surface area (Å²) in [4.78, 5) is 9.68. The molecule has 18 heavy (non-hydrogen) atoms. The smallest absolute Gasteiger partial charge is 0.106 e. The van der Waals surface area contributed by atoms with Crippen molar-refractivity contribution in [3.8, 4) is 0 Å². The zero-order valence-electron chi connectivity index (χ0n) is 10.8. The molecular weight excluding hydrogens is 244 g/mol. The van der Waals surface area contributed by atoms with Gasteiger partial charge in [-0.15, -0.1) is 11.3 Å². The Bertz CT molecular complexity index is 380. The summed E-state index contributed by atoms with van der Waals surface area (Å²) in [5, 5.41) is 3.20. The van der Waals surface area contributed by atoms with Crippen LogP contribution in [0.15, 0.2) is 5.38 Å². The molecule has 4 nitrogen and oxygen atoms in total. The third-order valence-electron chi connectivity index (χ3n) is 3.84. The molecule has 0 spiro atoms. The van der Waals surface area contributed by atoms with Crippen LogP contribution in [0, 0.1) is 5.92 Å². The second kappa shape index (κ2) is 5.65. The molecule has 1 aromatic heterocycles. The fourth-order valence-corrected chi connectivity index (χ4v) is 3.21. The van der Waals surface area contributed by atoms with Crippen LogP contribution in [-0.2, 0) is 13.1 Å². The summed E-state index contributed by atoms with van der Waals surface area (Å²) in [5.41, 5.74) is 6.79. The molecule has 2 fully saturated rings. The van der Waals surface area contributed by atoms with Crippen LogP contribution in [0.25, 0.3) is 0 Å². The van der Waals surface area contributed by atoms with Crippen molar-refractivity contribution >= 4 is 11.3 Å². The molecule has 1 saturated heterocycles. The fraction of sp³-hybridized carbons (Fsp3) is 0.769. The molecule has 2 N–H and O–H groups in total. The summed E-state index contributed by atoms with van der Waals surface area (Å²) in [7, 11) is 0. The van der Waals surface area contributed by atoms with Gasteiger partial charge in [0.2, 0.25) is 0 Å². The van der Waals surface area contributed by atoms with Crippen LogP contribution in [0.4, 0.5) is 0 Å². The van der Waals surface area contributed by atoms with E-state index in [1.54, 1.807) is 11.3 Å². The molecule has 0 amide bonds.